The highest BCUT2D eigenvalue weighted by Gasteiger charge is 2.10. The Balaban J connectivity index is 3.05. The summed E-state index contributed by atoms with van der Waals surface area (Å²) in [5, 5.41) is 8.36. The first-order valence-corrected chi connectivity index (χ1v) is 3.54. The highest BCUT2D eigenvalue weighted by atomic mass is 19.3. The maximum absolute atomic E-state index is 12.1. The van der Waals surface area contributed by atoms with Gasteiger partial charge in [0.1, 0.15) is 5.69 Å². The third-order valence-corrected chi connectivity index (χ3v) is 1.54. The number of pyridine rings is 1. The van der Waals surface area contributed by atoms with E-state index < -0.39 is 6.43 Å². The number of hydrogen-bond donors (Lipinski definition) is 1. The zero-order valence-electron chi connectivity index (χ0n) is 6.67. The number of nitrogens with zero attached hydrogens (tertiary/aromatic N) is 2. The van der Waals surface area contributed by atoms with Crippen LogP contribution in [0.2, 0.25) is 0 Å². The van der Waals surface area contributed by atoms with Gasteiger partial charge in [0.15, 0.2) is 0 Å². The van der Waals surface area contributed by atoms with Crippen molar-refractivity contribution in [1.82, 2.24) is 4.98 Å². The molecule has 1 heterocycles. The van der Waals surface area contributed by atoms with Crippen molar-refractivity contribution in [3.63, 3.8) is 0 Å². The molecular formula is C8H7F2N3. The summed E-state index contributed by atoms with van der Waals surface area (Å²) in [7, 11) is 0. The molecule has 0 bridgehead atoms. The van der Waals surface area contributed by atoms with E-state index >= 15 is 0 Å². The molecule has 1 aromatic heterocycles. The Hall–Kier alpha value is -1.70. The summed E-state index contributed by atoms with van der Waals surface area (Å²) in [5.74, 6) is 0. The van der Waals surface area contributed by atoms with Crippen LogP contribution < -0.4 is 5.73 Å². The van der Waals surface area contributed by atoms with E-state index in [1.54, 1.807) is 0 Å². The highest BCUT2D eigenvalue weighted by Crippen LogP contribution is 2.20. The molecule has 0 saturated carbocycles. The molecule has 0 aliphatic rings. The van der Waals surface area contributed by atoms with E-state index in [4.69, 9.17) is 11.0 Å². The van der Waals surface area contributed by atoms with Crippen LogP contribution >= 0.6 is 0 Å². The first-order chi connectivity index (χ1) is 6.15. The molecule has 0 radical (unpaired) electrons. The number of rotatable bonds is 2. The van der Waals surface area contributed by atoms with E-state index in [1.165, 1.54) is 0 Å². The van der Waals surface area contributed by atoms with Crippen LogP contribution in [0.5, 0.6) is 0 Å². The van der Waals surface area contributed by atoms with Gasteiger partial charge in [0.25, 0.3) is 6.43 Å². The van der Waals surface area contributed by atoms with Crippen LogP contribution in [0.25, 0.3) is 0 Å². The van der Waals surface area contributed by atoms with E-state index in [0.29, 0.717) is 5.56 Å². The van der Waals surface area contributed by atoms with Crippen molar-refractivity contribution < 1.29 is 8.78 Å². The normalized spacial score (nSPS) is 10.0. The lowest BCUT2D eigenvalue weighted by atomic mass is 10.1. The van der Waals surface area contributed by atoms with Crippen molar-refractivity contribution >= 4 is 5.69 Å². The van der Waals surface area contributed by atoms with Gasteiger partial charge in [0, 0.05) is 0 Å². The molecule has 0 atom stereocenters. The SMILES string of the molecule is N#CCc1cc(C(F)F)ncc1N. The van der Waals surface area contributed by atoms with Gasteiger partial charge in [0.2, 0.25) is 0 Å². The lowest BCUT2D eigenvalue weighted by Gasteiger charge is -2.03. The van der Waals surface area contributed by atoms with Gasteiger partial charge in [-0.25, -0.2) is 8.78 Å². The molecule has 0 unspecified atom stereocenters. The maximum atomic E-state index is 12.1. The smallest absolute Gasteiger partial charge is 0.280 e. The number of hydrogen-bond acceptors (Lipinski definition) is 3. The van der Waals surface area contributed by atoms with E-state index in [0.717, 1.165) is 12.3 Å². The monoisotopic (exact) mass is 183 g/mol. The van der Waals surface area contributed by atoms with Gasteiger partial charge in [-0.1, -0.05) is 0 Å². The number of nitrogen functional groups attached to an aromatic ring is 1. The van der Waals surface area contributed by atoms with E-state index in [-0.39, 0.29) is 17.8 Å². The van der Waals surface area contributed by atoms with Gasteiger partial charge in [-0.3, -0.25) is 4.98 Å². The van der Waals surface area contributed by atoms with Crippen molar-refractivity contribution in [1.29, 1.82) is 5.26 Å². The zero-order chi connectivity index (χ0) is 9.84. The topological polar surface area (TPSA) is 62.7 Å². The average Bonchev–Trinajstić information content (AvgIpc) is 2.08. The van der Waals surface area contributed by atoms with Crippen molar-refractivity contribution in [2.24, 2.45) is 0 Å². The Kier molecular flexibility index (Phi) is 2.75. The van der Waals surface area contributed by atoms with Crippen LogP contribution in [0.15, 0.2) is 12.3 Å². The molecule has 0 fully saturated rings. The molecular weight excluding hydrogens is 176 g/mol. The lowest BCUT2D eigenvalue weighted by molar-refractivity contribution is 0.146. The standard InChI is InChI=1S/C8H7F2N3/c9-8(10)7-3-5(1-2-11)6(12)4-13-7/h3-4,8H,1,12H2. The van der Waals surface area contributed by atoms with Crippen molar-refractivity contribution in [3.05, 3.63) is 23.5 Å². The fourth-order valence-corrected chi connectivity index (χ4v) is 0.884. The fourth-order valence-electron chi connectivity index (χ4n) is 0.884. The third-order valence-electron chi connectivity index (χ3n) is 1.54. The predicted molar refractivity (Wildman–Crippen MR) is 42.9 cm³/mol. The molecule has 0 amide bonds. The quantitative estimate of drug-likeness (QED) is 0.758. The van der Waals surface area contributed by atoms with Crippen LogP contribution in [0.4, 0.5) is 14.5 Å². The molecule has 0 spiro atoms. The van der Waals surface area contributed by atoms with Gasteiger partial charge in [-0.05, 0) is 11.6 Å². The van der Waals surface area contributed by atoms with Crippen LogP contribution in [0.1, 0.15) is 17.7 Å². The molecule has 0 aliphatic heterocycles. The number of nitriles is 1. The summed E-state index contributed by atoms with van der Waals surface area (Å²) in [6.45, 7) is 0. The maximum Gasteiger partial charge on any atom is 0.280 e. The second kappa shape index (κ2) is 3.81. The van der Waals surface area contributed by atoms with Crippen LogP contribution in [0.3, 0.4) is 0 Å². The van der Waals surface area contributed by atoms with Crippen molar-refractivity contribution in [3.8, 4) is 6.07 Å². The van der Waals surface area contributed by atoms with Crippen LogP contribution in [-0.2, 0) is 6.42 Å². The summed E-state index contributed by atoms with van der Waals surface area (Å²) in [6.07, 6.45) is -1.46. The number of halogens is 2. The Labute approximate surface area is 73.8 Å². The number of alkyl halides is 2. The largest absolute Gasteiger partial charge is 0.397 e. The van der Waals surface area contributed by atoms with Crippen LogP contribution in [0, 0.1) is 11.3 Å². The Morgan fingerprint density at radius 3 is 2.85 bits per heavy atom. The second-order valence-electron chi connectivity index (χ2n) is 2.44. The number of nitrogens with two attached hydrogens (primary N) is 1. The average molecular weight is 183 g/mol. The molecule has 68 valence electrons. The molecule has 1 aromatic rings. The molecule has 0 aromatic carbocycles. The zero-order valence-corrected chi connectivity index (χ0v) is 6.67. The van der Waals surface area contributed by atoms with Gasteiger partial charge >= 0.3 is 0 Å². The molecule has 2 N–H and O–H groups in total. The molecule has 0 aliphatic carbocycles. The van der Waals surface area contributed by atoms with Gasteiger partial charge in [0.05, 0.1) is 24.4 Å². The molecule has 1 rings (SSSR count). The van der Waals surface area contributed by atoms with Crippen LogP contribution in [-0.4, -0.2) is 4.98 Å². The third kappa shape index (κ3) is 2.12. The summed E-state index contributed by atoms with van der Waals surface area (Å²) in [5.41, 5.74) is 5.73. The summed E-state index contributed by atoms with van der Waals surface area (Å²) < 4.78 is 24.3. The molecule has 0 saturated heterocycles. The number of anilines is 1. The van der Waals surface area contributed by atoms with Crippen molar-refractivity contribution in [2.75, 3.05) is 5.73 Å². The van der Waals surface area contributed by atoms with E-state index in [9.17, 15) is 8.78 Å². The first kappa shape index (κ1) is 9.39. The summed E-state index contributed by atoms with van der Waals surface area (Å²) in [6, 6.07) is 2.99. The van der Waals surface area contributed by atoms with E-state index in [2.05, 4.69) is 4.98 Å². The lowest BCUT2D eigenvalue weighted by Crippen LogP contribution is -1.98. The summed E-state index contributed by atoms with van der Waals surface area (Å²) >= 11 is 0. The number of aromatic nitrogens is 1. The minimum absolute atomic E-state index is 0.0219. The van der Waals surface area contributed by atoms with Gasteiger partial charge < -0.3 is 5.73 Å². The Morgan fingerprint density at radius 1 is 1.62 bits per heavy atom. The summed E-state index contributed by atoms with van der Waals surface area (Å²) in [4.78, 5) is 3.44. The highest BCUT2D eigenvalue weighted by molar-refractivity contribution is 5.46. The Morgan fingerprint density at radius 2 is 2.31 bits per heavy atom. The minimum atomic E-state index is -2.63. The van der Waals surface area contributed by atoms with E-state index in [1.807, 2.05) is 6.07 Å². The second-order valence-corrected chi connectivity index (χ2v) is 2.44. The van der Waals surface area contributed by atoms with Gasteiger partial charge in [-0.2, -0.15) is 5.26 Å². The molecule has 5 heteroatoms. The first-order valence-electron chi connectivity index (χ1n) is 3.54. The minimum Gasteiger partial charge on any atom is -0.397 e. The molecule has 3 nitrogen and oxygen atoms in total. The molecule has 13 heavy (non-hydrogen) atoms. The van der Waals surface area contributed by atoms with Crippen molar-refractivity contribution in [2.45, 2.75) is 12.8 Å². The fraction of sp³-hybridized carbons (Fsp3) is 0.250. The Bertz CT molecular complexity index is 344. The predicted octanol–water partition coefficient (Wildman–Crippen LogP) is 1.67. The van der Waals surface area contributed by atoms with Gasteiger partial charge in [-0.15, -0.1) is 0 Å².